The number of rotatable bonds is 12. The van der Waals surface area contributed by atoms with Crippen molar-refractivity contribution in [2.75, 3.05) is 0 Å². The zero-order valence-electron chi connectivity index (χ0n) is 38.6. The number of hydrogen-bond acceptors (Lipinski definition) is 2. The van der Waals surface area contributed by atoms with Crippen LogP contribution < -0.4 is 9.30 Å². The Kier molecular flexibility index (Phi) is 11.7. The SMILES string of the molecule is CC(C)c1cc(-c2ccccc2)cc(C(C)C)c1-c1c[n+](-c2cccc(Oc3cccc(-c4nc5ccccc5n4-c4c(C(C)C)cc(-c5ccccc5)cc4C(C)C)c3)c2)[c-]n1C. The van der Waals surface area contributed by atoms with Gasteiger partial charge in [0.2, 0.25) is 6.33 Å². The molecular formula is C59H58N4O. The highest BCUT2D eigenvalue weighted by Crippen LogP contribution is 2.42. The average molecular weight is 839 g/mol. The van der Waals surface area contributed by atoms with Crippen molar-refractivity contribution in [2.45, 2.75) is 79.1 Å². The van der Waals surface area contributed by atoms with Crippen molar-refractivity contribution in [1.82, 2.24) is 14.1 Å². The van der Waals surface area contributed by atoms with E-state index in [1.807, 2.05) is 12.1 Å². The van der Waals surface area contributed by atoms with Gasteiger partial charge in [0.25, 0.3) is 0 Å². The molecule has 320 valence electrons. The molecule has 0 spiro atoms. The van der Waals surface area contributed by atoms with E-state index in [9.17, 15) is 0 Å². The molecule has 0 N–H and O–H groups in total. The Bertz CT molecular complexity index is 3040. The van der Waals surface area contributed by atoms with Crippen LogP contribution in [-0.4, -0.2) is 14.1 Å². The Balaban J connectivity index is 1.09. The summed E-state index contributed by atoms with van der Waals surface area (Å²) in [6.07, 6.45) is 5.81. The third-order valence-corrected chi connectivity index (χ3v) is 12.4. The molecule has 64 heavy (non-hydrogen) atoms. The Morgan fingerprint density at radius 1 is 0.500 bits per heavy atom. The number of nitrogens with zero attached hydrogens (tertiary/aromatic N) is 4. The summed E-state index contributed by atoms with van der Waals surface area (Å²) in [5.41, 5.74) is 17.8. The fraction of sp³-hybridized carbons (Fsp3) is 0.220. The minimum absolute atomic E-state index is 0.276. The molecule has 7 aromatic carbocycles. The smallest absolute Gasteiger partial charge is 0.243 e. The molecule has 0 atom stereocenters. The molecule has 0 bridgehead atoms. The molecule has 0 aliphatic heterocycles. The summed E-state index contributed by atoms with van der Waals surface area (Å²) >= 11 is 0. The van der Waals surface area contributed by atoms with Crippen LogP contribution in [0.3, 0.4) is 0 Å². The van der Waals surface area contributed by atoms with E-state index < -0.39 is 0 Å². The first-order valence-corrected chi connectivity index (χ1v) is 22.8. The lowest BCUT2D eigenvalue weighted by atomic mass is 9.84. The van der Waals surface area contributed by atoms with Gasteiger partial charge in [-0.25, -0.2) is 4.98 Å². The first-order valence-electron chi connectivity index (χ1n) is 22.8. The van der Waals surface area contributed by atoms with E-state index in [1.165, 1.54) is 55.8 Å². The molecule has 0 radical (unpaired) electrons. The number of ether oxygens (including phenoxy) is 1. The number of para-hydroxylation sites is 2. The minimum Gasteiger partial charge on any atom is -0.458 e. The summed E-state index contributed by atoms with van der Waals surface area (Å²) in [4.78, 5) is 5.33. The Hall–Kier alpha value is -6.98. The van der Waals surface area contributed by atoms with Gasteiger partial charge < -0.3 is 13.9 Å². The molecule has 0 aliphatic rings. The Morgan fingerprint density at radius 3 is 1.58 bits per heavy atom. The predicted octanol–water partition coefficient (Wildman–Crippen LogP) is 15.4. The average Bonchev–Trinajstić information content (AvgIpc) is 3.89. The second-order valence-corrected chi connectivity index (χ2v) is 18.3. The lowest BCUT2D eigenvalue weighted by Crippen LogP contribution is -2.28. The van der Waals surface area contributed by atoms with Gasteiger partial charge in [-0.15, -0.1) is 0 Å². The third-order valence-electron chi connectivity index (χ3n) is 12.4. The maximum atomic E-state index is 6.72. The number of benzene rings is 7. The normalized spacial score (nSPS) is 11.8. The van der Waals surface area contributed by atoms with Crippen LogP contribution in [0.15, 0.2) is 164 Å². The van der Waals surface area contributed by atoms with Crippen molar-refractivity contribution in [3.63, 3.8) is 0 Å². The zero-order valence-corrected chi connectivity index (χ0v) is 38.6. The molecule has 9 rings (SSSR count). The third kappa shape index (κ3) is 8.19. The van der Waals surface area contributed by atoms with E-state index in [0.717, 1.165) is 45.3 Å². The molecule has 0 fully saturated rings. The number of aryl methyl sites for hydroxylation is 1. The summed E-state index contributed by atoms with van der Waals surface area (Å²) < 4.78 is 13.3. The van der Waals surface area contributed by atoms with Gasteiger partial charge in [-0.3, -0.25) is 4.57 Å². The lowest BCUT2D eigenvalue weighted by molar-refractivity contribution is -0.599. The fourth-order valence-electron chi connectivity index (χ4n) is 9.10. The quantitative estimate of drug-likeness (QED) is 0.0908. The van der Waals surface area contributed by atoms with Crippen molar-refractivity contribution >= 4 is 11.0 Å². The van der Waals surface area contributed by atoms with Gasteiger partial charge in [-0.2, -0.15) is 0 Å². The fourth-order valence-corrected chi connectivity index (χ4v) is 9.10. The van der Waals surface area contributed by atoms with Gasteiger partial charge in [0.1, 0.15) is 17.3 Å². The first-order chi connectivity index (χ1) is 30.9. The molecule has 0 saturated carbocycles. The van der Waals surface area contributed by atoms with Crippen LogP contribution in [0.25, 0.3) is 67.3 Å². The van der Waals surface area contributed by atoms with E-state index in [4.69, 9.17) is 9.72 Å². The minimum atomic E-state index is 0.276. The molecule has 9 aromatic rings. The second kappa shape index (κ2) is 17.7. The lowest BCUT2D eigenvalue weighted by Gasteiger charge is -2.24. The van der Waals surface area contributed by atoms with Crippen molar-refractivity contribution < 1.29 is 9.30 Å². The van der Waals surface area contributed by atoms with E-state index in [2.05, 4.69) is 234 Å². The second-order valence-electron chi connectivity index (χ2n) is 18.3. The van der Waals surface area contributed by atoms with Gasteiger partial charge in [0.05, 0.1) is 35.1 Å². The molecule has 0 aliphatic carbocycles. The first kappa shape index (κ1) is 42.3. The molecule has 2 heterocycles. The summed E-state index contributed by atoms with van der Waals surface area (Å²) in [6, 6.07) is 56.0. The van der Waals surface area contributed by atoms with Gasteiger partial charge in [-0.05, 0) is 122 Å². The van der Waals surface area contributed by atoms with Crippen LogP contribution in [0.2, 0.25) is 0 Å². The summed E-state index contributed by atoms with van der Waals surface area (Å²) in [5, 5.41) is 0. The van der Waals surface area contributed by atoms with Crippen molar-refractivity contribution in [3.8, 4) is 67.8 Å². The van der Waals surface area contributed by atoms with Gasteiger partial charge >= 0.3 is 0 Å². The molecule has 5 nitrogen and oxygen atoms in total. The molecule has 0 saturated heterocycles. The van der Waals surface area contributed by atoms with E-state index in [-0.39, 0.29) is 11.8 Å². The molecular weight excluding hydrogens is 781 g/mol. The highest BCUT2D eigenvalue weighted by atomic mass is 16.5. The van der Waals surface area contributed by atoms with Crippen LogP contribution in [0.5, 0.6) is 11.5 Å². The van der Waals surface area contributed by atoms with Crippen LogP contribution >= 0.6 is 0 Å². The van der Waals surface area contributed by atoms with E-state index in [0.29, 0.717) is 11.8 Å². The summed E-state index contributed by atoms with van der Waals surface area (Å²) in [6.45, 7) is 18.3. The highest BCUT2D eigenvalue weighted by Gasteiger charge is 2.25. The van der Waals surface area contributed by atoms with Crippen LogP contribution in [0.1, 0.15) is 101 Å². The standard InChI is InChI=1S/C59H58N4O/c1-38(2)50-31-45(42-20-12-10-13-21-42)32-51(39(3)4)57(50)56-36-62(37-61(56)9)47-25-19-27-49(35-47)64-48-26-18-24-44(30-48)59-60-54-28-16-17-29-55(54)63(59)58-52(40(5)6)33-46(34-53(58)41(7)8)43-22-14-11-15-23-43/h10-36,38-41H,1-9H3. The van der Waals surface area contributed by atoms with Crippen molar-refractivity contribution in [1.29, 1.82) is 0 Å². The van der Waals surface area contributed by atoms with Gasteiger partial charge in [0, 0.05) is 11.8 Å². The predicted molar refractivity (Wildman–Crippen MR) is 265 cm³/mol. The molecule has 0 unspecified atom stereocenters. The van der Waals surface area contributed by atoms with Crippen molar-refractivity contribution in [2.24, 2.45) is 7.05 Å². The summed E-state index contributed by atoms with van der Waals surface area (Å²) in [5.74, 6) is 3.59. The molecule has 0 amide bonds. The highest BCUT2D eigenvalue weighted by molar-refractivity contribution is 5.85. The monoisotopic (exact) mass is 838 g/mol. The van der Waals surface area contributed by atoms with Crippen LogP contribution in [0, 0.1) is 6.33 Å². The number of hydrogen-bond donors (Lipinski definition) is 0. The number of imidazole rings is 2. The Labute approximate surface area is 379 Å². The van der Waals surface area contributed by atoms with Gasteiger partial charge in [-0.1, -0.05) is 165 Å². The van der Waals surface area contributed by atoms with Crippen LogP contribution in [0.4, 0.5) is 0 Å². The zero-order chi connectivity index (χ0) is 44.6. The summed E-state index contributed by atoms with van der Waals surface area (Å²) in [7, 11) is 2.09. The largest absolute Gasteiger partial charge is 0.458 e. The maximum absolute atomic E-state index is 6.72. The van der Waals surface area contributed by atoms with Crippen molar-refractivity contribution in [3.05, 3.63) is 193 Å². The van der Waals surface area contributed by atoms with E-state index >= 15 is 0 Å². The van der Waals surface area contributed by atoms with Gasteiger partial charge in [0.15, 0.2) is 0 Å². The Morgan fingerprint density at radius 2 is 1.00 bits per heavy atom. The molecule has 5 heteroatoms. The maximum Gasteiger partial charge on any atom is 0.243 e. The topological polar surface area (TPSA) is 35.9 Å². The number of fused-ring (bicyclic) bond motifs is 1. The van der Waals surface area contributed by atoms with Crippen LogP contribution in [-0.2, 0) is 7.05 Å². The van der Waals surface area contributed by atoms with E-state index in [1.54, 1.807) is 0 Å². The number of aromatic nitrogens is 4. The molecule has 2 aromatic heterocycles.